The molecule has 1 atom stereocenters. The number of carbonyl (C=O) groups is 2. The fourth-order valence-corrected chi connectivity index (χ4v) is 3.40. The maximum absolute atomic E-state index is 12.9. The molecule has 3 rings (SSSR count). The molecule has 6 heteroatoms. The second-order valence-corrected chi connectivity index (χ2v) is 6.53. The van der Waals surface area contributed by atoms with E-state index in [1.807, 2.05) is 67.6 Å². The molecule has 0 bridgehead atoms. The third-order valence-corrected chi connectivity index (χ3v) is 4.78. The van der Waals surface area contributed by atoms with Crippen molar-refractivity contribution in [2.75, 3.05) is 26.1 Å². The number of ether oxygens (including phenoxy) is 2. The van der Waals surface area contributed by atoms with Crippen molar-refractivity contribution in [2.24, 2.45) is 0 Å². The molecule has 1 aliphatic rings. The minimum Gasteiger partial charge on any atom is -0.359 e. The summed E-state index contributed by atoms with van der Waals surface area (Å²) in [4.78, 5) is 27.3. The lowest BCUT2D eigenvalue weighted by Gasteiger charge is -2.28. The van der Waals surface area contributed by atoms with Crippen LogP contribution in [0.2, 0.25) is 0 Å². The minimum absolute atomic E-state index is 0.152. The van der Waals surface area contributed by atoms with Crippen LogP contribution in [0.3, 0.4) is 0 Å². The molecule has 0 saturated carbocycles. The Hall–Kier alpha value is -2.96. The van der Waals surface area contributed by atoms with Gasteiger partial charge in [0.25, 0.3) is 11.7 Å². The van der Waals surface area contributed by atoms with Crippen LogP contribution in [0.5, 0.6) is 0 Å². The Balaban J connectivity index is 2.04. The molecule has 0 radical (unpaired) electrons. The first kappa shape index (κ1) is 19.8. The summed E-state index contributed by atoms with van der Waals surface area (Å²) in [6, 6.07) is 18.5. The molecule has 1 heterocycles. The summed E-state index contributed by atoms with van der Waals surface area (Å²) in [6.45, 7) is 1.97. The Morgan fingerprint density at radius 1 is 1.00 bits per heavy atom. The number of amides is 1. The third-order valence-electron chi connectivity index (χ3n) is 4.78. The summed E-state index contributed by atoms with van der Waals surface area (Å²) >= 11 is 0. The molecular formula is C22H24N2O4. The molecule has 146 valence electrons. The molecule has 1 aliphatic heterocycles. The predicted octanol–water partition coefficient (Wildman–Crippen LogP) is 3.14. The number of rotatable bonds is 7. The minimum atomic E-state index is -0.621. The second kappa shape index (κ2) is 8.82. The van der Waals surface area contributed by atoms with Crippen molar-refractivity contribution in [3.8, 4) is 0 Å². The zero-order chi connectivity index (χ0) is 20.1. The number of hydrogen-bond donors (Lipinski definition) is 1. The highest BCUT2D eigenvalue weighted by atomic mass is 16.7. The maximum Gasteiger partial charge on any atom is 0.295 e. The van der Waals surface area contributed by atoms with Crippen LogP contribution < -0.4 is 5.32 Å². The molecule has 28 heavy (non-hydrogen) atoms. The number of methoxy groups -OCH3 is 2. The lowest BCUT2D eigenvalue weighted by molar-refractivity contribution is -0.149. The number of anilines is 1. The van der Waals surface area contributed by atoms with Crippen molar-refractivity contribution in [1.29, 1.82) is 0 Å². The largest absolute Gasteiger partial charge is 0.359 e. The van der Waals surface area contributed by atoms with Gasteiger partial charge in [0, 0.05) is 25.6 Å². The number of benzene rings is 2. The Morgan fingerprint density at radius 3 is 2.14 bits per heavy atom. The molecule has 2 aromatic carbocycles. The van der Waals surface area contributed by atoms with Gasteiger partial charge < -0.3 is 19.7 Å². The molecule has 0 unspecified atom stereocenters. The number of Topliss-reactive ketones (excluding diaryl/α,β-unsaturated/α-hetero) is 1. The quantitative estimate of drug-likeness (QED) is 0.454. The van der Waals surface area contributed by atoms with Gasteiger partial charge in [0.1, 0.15) is 0 Å². The summed E-state index contributed by atoms with van der Waals surface area (Å²) in [5, 5.41) is 3.25. The number of allylic oxidation sites excluding steroid dienone is 1. The van der Waals surface area contributed by atoms with Gasteiger partial charge in [-0.1, -0.05) is 48.5 Å². The van der Waals surface area contributed by atoms with Gasteiger partial charge in [-0.2, -0.15) is 0 Å². The van der Waals surface area contributed by atoms with Crippen molar-refractivity contribution in [2.45, 2.75) is 19.3 Å². The SMILES string of the molecule is COC(CN1C(=O)C(=O)/C(=C(/C)Nc2ccccc2)[C@H]1c1ccccc1)OC. The van der Waals surface area contributed by atoms with Gasteiger partial charge in [0.2, 0.25) is 0 Å². The van der Waals surface area contributed by atoms with E-state index in [1.165, 1.54) is 19.1 Å². The summed E-state index contributed by atoms with van der Waals surface area (Å²) in [6.07, 6.45) is -0.621. The molecule has 0 aromatic heterocycles. The van der Waals surface area contributed by atoms with Gasteiger partial charge >= 0.3 is 0 Å². The fourth-order valence-electron chi connectivity index (χ4n) is 3.40. The highest BCUT2D eigenvalue weighted by Crippen LogP contribution is 2.37. The lowest BCUT2D eigenvalue weighted by atomic mass is 9.97. The average molecular weight is 380 g/mol. The first-order valence-electron chi connectivity index (χ1n) is 9.05. The Bertz CT molecular complexity index is 861. The molecule has 0 aliphatic carbocycles. The van der Waals surface area contributed by atoms with E-state index in [4.69, 9.17) is 9.47 Å². The summed E-state index contributed by atoms with van der Waals surface area (Å²) in [7, 11) is 3.01. The van der Waals surface area contributed by atoms with E-state index < -0.39 is 24.0 Å². The van der Waals surface area contributed by atoms with Gasteiger partial charge in [-0.25, -0.2) is 0 Å². The normalized spacial score (nSPS) is 18.7. The Kier molecular flexibility index (Phi) is 6.23. The number of para-hydroxylation sites is 1. The molecule has 6 nitrogen and oxygen atoms in total. The third kappa shape index (κ3) is 3.98. The smallest absolute Gasteiger partial charge is 0.295 e. The van der Waals surface area contributed by atoms with Crippen LogP contribution in [0, 0.1) is 0 Å². The Morgan fingerprint density at radius 2 is 1.57 bits per heavy atom. The van der Waals surface area contributed by atoms with Gasteiger partial charge in [-0.15, -0.1) is 0 Å². The van der Waals surface area contributed by atoms with Crippen molar-refractivity contribution >= 4 is 17.4 Å². The van der Waals surface area contributed by atoms with Gasteiger partial charge in [-0.05, 0) is 24.6 Å². The molecule has 1 fully saturated rings. The zero-order valence-corrected chi connectivity index (χ0v) is 16.2. The molecule has 1 amide bonds. The van der Waals surface area contributed by atoms with Crippen LogP contribution in [0.15, 0.2) is 71.9 Å². The van der Waals surface area contributed by atoms with Crippen molar-refractivity contribution < 1.29 is 19.1 Å². The monoisotopic (exact) mass is 380 g/mol. The highest BCUT2D eigenvalue weighted by Gasteiger charge is 2.45. The molecular weight excluding hydrogens is 356 g/mol. The number of nitrogens with one attached hydrogen (secondary N) is 1. The molecule has 1 N–H and O–H groups in total. The van der Waals surface area contributed by atoms with E-state index in [-0.39, 0.29) is 6.54 Å². The van der Waals surface area contributed by atoms with E-state index in [0.717, 1.165) is 11.3 Å². The van der Waals surface area contributed by atoms with Gasteiger partial charge in [-0.3, -0.25) is 9.59 Å². The van der Waals surface area contributed by atoms with Crippen LogP contribution in [0.1, 0.15) is 18.5 Å². The number of carbonyl (C=O) groups excluding carboxylic acids is 2. The first-order valence-corrected chi connectivity index (χ1v) is 9.05. The van der Waals surface area contributed by atoms with Gasteiger partial charge in [0.15, 0.2) is 6.29 Å². The second-order valence-electron chi connectivity index (χ2n) is 6.53. The van der Waals surface area contributed by atoms with Crippen molar-refractivity contribution in [1.82, 2.24) is 4.90 Å². The molecule has 0 spiro atoms. The molecule has 1 saturated heterocycles. The van der Waals surface area contributed by atoms with Crippen molar-refractivity contribution in [3.63, 3.8) is 0 Å². The number of ketones is 1. The zero-order valence-electron chi connectivity index (χ0n) is 16.2. The van der Waals surface area contributed by atoms with Gasteiger partial charge in [0.05, 0.1) is 18.2 Å². The highest BCUT2D eigenvalue weighted by molar-refractivity contribution is 6.45. The van der Waals surface area contributed by atoms with Crippen LogP contribution in [-0.2, 0) is 19.1 Å². The summed E-state index contributed by atoms with van der Waals surface area (Å²) in [5.41, 5.74) is 2.79. The fraction of sp³-hybridized carbons (Fsp3) is 0.273. The lowest BCUT2D eigenvalue weighted by Crippen LogP contribution is -2.38. The van der Waals surface area contributed by atoms with Crippen LogP contribution in [-0.4, -0.2) is 43.6 Å². The van der Waals surface area contributed by atoms with E-state index in [9.17, 15) is 9.59 Å². The standard InChI is InChI=1S/C22H24N2O4/c1-15(23-17-12-8-5-9-13-17)19-20(16-10-6-4-7-11-16)24(22(26)21(19)25)14-18(27-2)28-3/h4-13,18,20,23H,14H2,1-3H3/b19-15-/t20-/m1/s1. The topological polar surface area (TPSA) is 67.9 Å². The predicted molar refractivity (Wildman–Crippen MR) is 106 cm³/mol. The Labute approximate surface area is 164 Å². The van der Waals surface area contributed by atoms with Crippen molar-refractivity contribution in [3.05, 3.63) is 77.5 Å². The van der Waals surface area contributed by atoms with E-state index in [1.54, 1.807) is 0 Å². The van der Waals surface area contributed by atoms with Crippen LogP contribution >= 0.6 is 0 Å². The summed E-state index contributed by atoms with van der Waals surface area (Å²) < 4.78 is 10.5. The molecule has 2 aromatic rings. The number of likely N-dealkylation sites (tertiary alicyclic amines) is 1. The number of hydrogen-bond acceptors (Lipinski definition) is 5. The average Bonchev–Trinajstić information content (AvgIpc) is 2.98. The maximum atomic E-state index is 12.9. The first-order chi connectivity index (χ1) is 13.6. The van der Waals surface area contributed by atoms with E-state index >= 15 is 0 Å². The van der Waals surface area contributed by atoms with E-state index in [2.05, 4.69) is 5.32 Å². The summed E-state index contributed by atoms with van der Waals surface area (Å²) in [5.74, 6) is -1.07. The van der Waals surface area contributed by atoms with E-state index in [0.29, 0.717) is 11.3 Å². The number of nitrogens with zero attached hydrogens (tertiary/aromatic N) is 1. The van der Waals surface area contributed by atoms with Crippen LogP contribution in [0.4, 0.5) is 5.69 Å². The van der Waals surface area contributed by atoms with Crippen LogP contribution in [0.25, 0.3) is 0 Å².